The Labute approximate surface area is 112 Å². The highest BCUT2D eigenvalue weighted by atomic mass is 32.2. The van der Waals surface area contributed by atoms with E-state index in [0.29, 0.717) is 13.1 Å². The third kappa shape index (κ3) is 4.52. The fourth-order valence-corrected chi connectivity index (χ4v) is 3.59. The molecule has 4 nitrogen and oxygen atoms in total. The van der Waals surface area contributed by atoms with Gasteiger partial charge in [-0.15, -0.1) is 0 Å². The molecule has 0 atom stereocenters. The molecule has 0 bridgehead atoms. The van der Waals surface area contributed by atoms with E-state index in [2.05, 4.69) is 11.8 Å². The van der Waals surface area contributed by atoms with Crippen LogP contribution in [0, 0.1) is 0 Å². The van der Waals surface area contributed by atoms with E-state index >= 15 is 0 Å². The summed E-state index contributed by atoms with van der Waals surface area (Å²) in [6.07, 6.45) is 8.53. The maximum Gasteiger partial charge on any atom is 0.148 e. The Bertz CT molecular complexity index is 333. The van der Waals surface area contributed by atoms with Crippen molar-refractivity contribution in [3.05, 3.63) is 0 Å². The molecule has 1 fully saturated rings. The monoisotopic (exact) mass is 276 g/mol. The summed E-state index contributed by atoms with van der Waals surface area (Å²) in [5.41, 5.74) is 6.07. The molecule has 0 heterocycles. The van der Waals surface area contributed by atoms with E-state index in [9.17, 15) is 8.42 Å². The Hall–Kier alpha value is -0.130. The Balaban J connectivity index is 2.74. The number of nitrogens with zero attached hydrogens (tertiary/aromatic N) is 1. The summed E-state index contributed by atoms with van der Waals surface area (Å²) in [6.45, 7) is 4.24. The zero-order valence-electron chi connectivity index (χ0n) is 11.8. The van der Waals surface area contributed by atoms with Crippen LogP contribution in [-0.4, -0.2) is 50.5 Å². The molecular formula is C13H28N2O2S. The molecule has 0 unspecified atom stereocenters. The van der Waals surface area contributed by atoms with E-state index in [4.69, 9.17) is 5.73 Å². The number of hydrogen-bond donors (Lipinski definition) is 1. The molecular weight excluding hydrogens is 248 g/mol. The highest BCUT2D eigenvalue weighted by molar-refractivity contribution is 7.90. The molecule has 18 heavy (non-hydrogen) atoms. The van der Waals surface area contributed by atoms with Gasteiger partial charge >= 0.3 is 0 Å². The minimum absolute atomic E-state index is 0.0376. The Morgan fingerprint density at radius 3 is 2.11 bits per heavy atom. The number of likely N-dealkylation sites (N-methyl/N-ethyl adjacent to an activating group) is 1. The predicted octanol–water partition coefficient (Wildman–Crippen LogP) is 1.40. The third-order valence-electron chi connectivity index (χ3n) is 4.20. The molecule has 1 aliphatic carbocycles. The van der Waals surface area contributed by atoms with E-state index in [0.717, 1.165) is 19.4 Å². The first-order valence-corrected chi connectivity index (χ1v) is 9.12. The van der Waals surface area contributed by atoms with Gasteiger partial charge < -0.3 is 5.73 Å². The van der Waals surface area contributed by atoms with Crippen molar-refractivity contribution in [1.82, 2.24) is 4.90 Å². The van der Waals surface area contributed by atoms with Crippen molar-refractivity contribution in [2.24, 2.45) is 5.73 Å². The van der Waals surface area contributed by atoms with Gasteiger partial charge in [0.2, 0.25) is 0 Å². The molecule has 0 amide bonds. The summed E-state index contributed by atoms with van der Waals surface area (Å²) in [4.78, 5) is 2.30. The molecule has 0 aromatic carbocycles. The lowest BCUT2D eigenvalue weighted by Gasteiger charge is -2.42. The number of rotatable bonds is 6. The van der Waals surface area contributed by atoms with Gasteiger partial charge in [0.15, 0.2) is 0 Å². The summed E-state index contributed by atoms with van der Waals surface area (Å²) >= 11 is 0. The normalized spacial score (nSPS) is 20.9. The van der Waals surface area contributed by atoms with Crippen LogP contribution < -0.4 is 5.73 Å². The Morgan fingerprint density at radius 1 is 1.17 bits per heavy atom. The van der Waals surface area contributed by atoms with Crippen LogP contribution in [0.2, 0.25) is 0 Å². The lowest BCUT2D eigenvalue weighted by molar-refractivity contribution is 0.0904. The van der Waals surface area contributed by atoms with Crippen molar-refractivity contribution < 1.29 is 8.42 Å². The van der Waals surface area contributed by atoms with Crippen molar-refractivity contribution in [3.63, 3.8) is 0 Å². The molecule has 1 saturated carbocycles. The quantitative estimate of drug-likeness (QED) is 0.745. The fraction of sp³-hybridized carbons (Fsp3) is 1.00. The number of hydrogen-bond acceptors (Lipinski definition) is 4. The molecule has 108 valence electrons. The highest BCUT2D eigenvalue weighted by Crippen LogP contribution is 2.31. The molecule has 1 aliphatic rings. The zero-order chi connectivity index (χ0) is 13.6. The second-order valence-corrected chi connectivity index (χ2v) is 7.81. The first-order chi connectivity index (χ1) is 8.43. The van der Waals surface area contributed by atoms with Gasteiger partial charge in [0.05, 0.1) is 5.75 Å². The van der Waals surface area contributed by atoms with Gasteiger partial charge in [-0.05, 0) is 19.4 Å². The van der Waals surface area contributed by atoms with Crippen molar-refractivity contribution in [2.75, 3.05) is 31.6 Å². The summed E-state index contributed by atoms with van der Waals surface area (Å²) in [5.74, 6) is 0.239. The van der Waals surface area contributed by atoms with Crippen LogP contribution in [0.5, 0.6) is 0 Å². The van der Waals surface area contributed by atoms with Gasteiger partial charge in [-0.25, -0.2) is 8.42 Å². The predicted molar refractivity (Wildman–Crippen MR) is 76.4 cm³/mol. The number of sulfone groups is 1. The molecule has 1 rings (SSSR count). The SMILES string of the molecule is CCN(CCS(C)(=O)=O)C1(CN)CCCCCC1. The van der Waals surface area contributed by atoms with Gasteiger partial charge in [0, 0.05) is 24.9 Å². The summed E-state index contributed by atoms with van der Waals surface area (Å²) < 4.78 is 22.7. The molecule has 0 aliphatic heterocycles. The topological polar surface area (TPSA) is 63.4 Å². The minimum Gasteiger partial charge on any atom is -0.329 e. The van der Waals surface area contributed by atoms with Gasteiger partial charge in [0.1, 0.15) is 9.84 Å². The standard InChI is InChI=1S/C13H28N2O2S/c1-3-15(10-11-18(2,16)17)13(12-14)8-6-4-5-7-9-13/h3-12,14H2,1-2H3. The van der Waals surface area contributed by atoms with Crippen LogP contribution in [-0.2, 0) is 9.84 Å². The Kier molecular flexibility index (Phi) is 6.08. The second-order valence-electron chi connectivity index (χ2n) is 5.55. The van der Waals surface area contributed by atoms with Crippen LogP contribution in [0.3, 0.4) is 0 Å². The minimum atomic E-state index is -2.89. The molecule has 0 aromatic rings. The van der Waals surface area contributed by atoms with Crippen LogP contribution in [0.25, 0.3) is 0 Å². The smallest absolute Gasteiger partial charge is 0.148 e. The van der Waals surface area contributed by atoms with Crippen LogP contribution in [0.15, 0.2) is 0 Å². The zero-order valence-corrected chi connectivity index (χ0v) is 12.6. The van der Waals surface area contributed by atoms with E-state index in [1.54, 1.807) is 0 Å². The summed E-state index contributed by atoms with van der Waals surface area (Å²) in [6, 6.07) is 0. The number of nitrogens with two attached hydrogens (primary N) is 1. The van der Waals surface area contributed by atoms with Gasteiger partial charge in [0.25, 0.3) is 0 Å². The largest absolute Gasteiger partial charge is 0.329 e. The average Bonchev–Trinajstić information content (AvgIpc) is 2.55. The average molecular weight is 276 g/mol. The molecule has 0 spiro atoms. The van der Waals surface area contributed by atoms with Crippen LogP contribution >= 0.6 is 0 Å². The maximum absolute atomic E-state index is 11.3. The van der Waals surface area contributed by atoms with E-state index < -0.39 is 9.84 Å². The summed E-state index contributed by atoms with van der Waals surface area (Å²) in [5, 5.41) is 0. The van der Waals surface area contributed by atoms with E-state index in [1.807, 2.05) is 0 Å². The van der Waals surface area contributed by atoms with Crippen molar-refractivity contribution in [3.8, 4) is 0 Å². The summed E-state index contributed by atoms with van der Waals surface area (Å²) in [7, 11) is -2.89. The molecule has 0 radical (unpaired) electrons. The van der Waals surface area contributed by atoms with Gasteiger partial charge in [-0.2, -0.15) is 0 Å². The van der Waals surface area contributed by atoms with E-state index in [-0.39, 0.29) is 11.3 Å². The first-order valence-electron chi connectivity index (χ1n) is 7.06. The lowest BCUT2D eigenvalue weighted by atomic mass is 9.88. The molecule has 2 N–H and O–H groups in total. The molecule has 0 saturated heterocycles. The third-order valence-corrected chi connectivity index (χ3v) is 5.12. The van der Waals surface area contributed by atoms with Crippen molar-refractivity contribution >= 4 is 9.84 Å². The van der Waals surface area contributed by atoms with Crippen LogP contribution in [0.1, 0.15) is 45.4 Å². The van der Waals surface area contributed by atoms with E-state index in [1.165, 1.54) is 31.9 Å². The molecule has 0 aromatic heterocycles. The first kappa shape index (κ1) is 15.9. The van der Waals surface area contributed by atoms with Gasteiger partial charge in [-0.3, -0.25) is 4.90 Å². The Morgan fingerprint density at radius 2 is 1.72 bits per heavy atom. The fourth-order valence-electron chi connectivity index (χ4n) is 3.04. The molecule has 5 heteroatoms. The highest BCUT2D eigenvalue weighted by Gasteiger charge is 2.35. The van der Waals surface area contributed by atoms with Crippen molar-refractivity contribution in [2.45, 2.75) is 51.0 Å². The van der Waals surface area contributed by atoms with Crippen molar-refractivity contribution in [1.29, 1.82) is 0 Å². The maximum atomic E-state index is 11.3. The van der Waals surface area contributed by atoms with Gasteiger partial charge in [-0.1, -0.05) is 32.6 Å². The van der Waals surface area contributed by atoms with Crippen LogP contribution in [0.4, 0.5) is 0 Å². The second kappa shape index (κ2) is 6.87. The lowest BCUT2D eigenvalue weighted by Crippen LogP contribution is -2.54.